The molecule has 2 heterocycles. The van der Waals surface area contributed by atoms with Crippen molar-refractivity contribution in [3.63, 3.8) is 0 Å². The van der Waals surface area contributed by atoms with Gasteiger partial charge in [0, 0.05) is 16.4 Å². The second-order valence-corrected chi connectivity index (χ2v) is 5.22. The van der Waals surface area contributed by atoms with E-state index in [1.807, 2.05) is 11.8 Å². The zero-order valence-corrected chi connectivity index (χ0v) is 8.27. The van der Waals surface area contributed by atoms with E-state index in [0.717, 1.165) is 19.3 Å². The fourth-order valence-electron chi connectivity index (χ4n) is 1.90. The molecule has 3 heteroatoms. The Labute approximate surface area is 81.5 Å². The molecular weight excluding hydrogens is 192 g/mol. The molecule has 0 aromatic rings. The lowest BCUT2D eigenvalue weighted by Gasteiger charge is -2.34. The first-order chi connectivity index (χ1) is 5.77. The van der Waals surface area contributed by atoms with Gasteiger partial charge >= 0.3 is 0 Å². The number of halogens is 1. The lowest BCUT2D eigenvalue weighted by molar-refractivity contribution is -0.115. The van der Waals surface area contributed by atoms with Crippen LogP contribution < -0.4 is 0 Å². The summed E-state index contributed by atoms with van der Waals surface area (Å²) in [5.74, 6) is 0.109. The molecule has 1 saturated heterocycles. The molecule has 0 aliphatic carbocycles. The third-order valence-corrected chi connectivity index (χ3v) is 4.46. The van der Waals surface area contributed by atoms with Crippen LogP contribution in [0.4, 0.5) is 0 Å². The Morgan fingerprint density at radius 3 is 3.08 bits per heavy atom. The van der Waals surface area contributed by atoms with Crippen LogP contribution in [-0.2, 0) is 4.79 Å². The van der Waals surface area contributed by atoms with Gasteiger partial charge in [-0.25, -0.2) is 0 Å². The molecule has 2 aliphatic rings. The van der Waals surface area contributed by atoms with Gasteiger partial charge in [-0.15, -0.1) is 11.8 Å². The highest BCUT2D eigenvalue weighted by molar-refractivity contribution is 8.00. The number of carbonyl (C=O) groups is 1. The van der Waals surface area contributed by atoms with Crippen molar-refractivity contribution >= 4 is 28.6 Å². The highest BCUT2D eigenvalue weighted by atomic mass is 35.5. The second kappa shape index (κ2) is 3.43. The third-order valence-electron chi connectivity index (χ3n) is 2.57. The quantitative estimate of drug-likeness (QED) is 0.480. The molecule has 0 saturated carbocycles. The minimum Gasteiger partial charge on any atom is -0.281 e. The summed E-state index contributed by atoms with van der Waals surface area (Å²) in [6.45, 7) is 0. The van der Waals surface area contributed by atoms with Crippen molar-refractivity contribution in [3.05, 3.63) is 12.2 Å². The molecule has 0 aromatic carbocycles. The van der Waals surface area contributed by atoms with Gasteiger partial charge in [0.2, 0.25) is 5.24 Å². The smallest absolute Gasteiger partial charge is 0.225 e. The third kappa shape index (κ3) is 1.55. The molecule has 12 heavy (non-hydrogen) atoms. The van der Waals surface area contributed by atoms with E-state index >= 15 is 0 Å². The van der Waals surface area contributed by atoms with Crippen LogP contribution in [0, 0.1) is 5.92 Å². The first kappa shape index (κ1) is 8.64. The molecule has 0 aromatic heterocycles. The van der Waals surface area contributed by atoms with E-state index in [-0.39, 0.29) is 11.2 Å². The number of allylic oxidation sites excluding steroid dienone is 1. The fraction of sp³-hybridized carbons (Fsp3) is 0.667. The van der Waals surface area contributed by atoms with Crippen molar-refractivity contribution in [1.82, 2.24) is 0 Å². The van der Waals surface area contributed by atoms with Gasteiger partial charge in [-0.05, 0) is 30.9 Å². The number of rotatable bonds is 1. The van der Waals surface area contributed by atoms with Gasteiger partial charge < -0.3 is 0 Å². The normalized spacial score (nSPS) is 39.6. The lowest BCUT2D eigenvalue weighted by atomic mass is 9.93. The molecule has 0 radical (unpaired) electrons. The molecule has 66 valence electrons. The summed E-state index contributed by atoms with van der Waals surface area (Å²) in [5, 5.41) is 0.969. The summed E-state index contributed by atoms with van der Waals surface area (Å²) in [7, 11) is 0. The maximum Gasteiger partial charge on any atom is 0.225 e. The Morgan fingerprint density at radius 1 is 1.50 bits per heavy atom. The summed E-state index contributed by atoms with van der Waals surface area (Å²) < 4.78 is 0. The summed E-state index contributed by atoms with van der Waals surface area (Å²) in [5.41, 5.74) is 0. The minimum atomic E-state index is -0.138. The Kier molecular flexibility index (Phi) is 2.47. The maximum absolute atomic E-state index is 11.0. The Bertz CT molecular complexity index is 227. The van der Waals surface area contributed by atoms with Crippen LogP contribution in [0.2, 0.25) is 0 Å². The topological polar surface area (TPSA) is 17.1 Å². The van der Waals surface area contributed by atoms with Crippen LogP contribution in [0.5, 0.6) is 0 Å². The average Bonchev–Trinajstić information content (AvgIpc) is 2.04. The van der Waals surface area contributed by atoms with Crippen LogP contribution in [0.25, 0.3) is 0 Å². The standard InChI is InChI=1S/C9H11ClOS/c10-9(11)7-5-4-6-2-1-3-8(7)12-6/h1-2,6-8H,3-5H2/t6-,7+,8+/m0/s1. The maximum atomic E-state index is 11.0. The van der Waals surface area contributed by atoms with Gasteiger partial charge in [0.05, 0.1) is 0 Å². The predicted molar refractivity (Wildman–Crippen MR) is 52.5 cm³/mol. The van der Waals surface area contributed by atoms with Crippen LogP contribution in [0.1, 0.15) is 19.3 Å². The van der Waals surface area contributed by atoms with Crippen LogP contribution in [-0.4, -0.2) is 15.7 Å². The number of hydrogen-bond donors (Lipinski definition) is 0. The number of carbonyl (C=O) groups excluding carboxylic acids is 1. The molecule has 2 rings (SSSR count). The van der Waals surface area contributed by atoms with E-state index < -0.39 is 0 Å². The van der Waals surface area contributed by atoms with Gasteiger partial charge in [0.1, 0.15) is 0 Å². The number of thioether (sulfide) groups is 1. The fourth-order valence-corrected chi connectivity index (χ4v) is 3.83. The number of fused-ring (bicyclic) bond motifs is 2. The van der Waals surface area contributed by atoms with Crippen molar-refractivity contribution in [2.75, 3.05) is 0 Å². The molecule has 0 N–H and O–H groups in total. The van der Waals surface area contributed by atoms with Crippen molar-refractivity contribution < 1.29 is 4.79 Å². The lowest BCUT2D eigenvalue weighted by Crippen LogP contribution is -2.31. The van der Waals surface area contributed by atoms with Crippen LogP contribution in [0.15, 0.2) is 12.2 Å². The SMILES string of the molecule is O=C(Cl)[C@@H]1CC[C@@H]2C=CC[C@H]1S2. The monoisotopic (exact) mass is 202 g/mol. The van der Waals surface area contributed by atoms with Crippen molar-refractivity contribution in [3.8, 4) is 0 Å². The molecule has 2 aliphatic heterocycles. The summed E-state index contributed by atoms with van der Waals surface area (Å²) in [6, 6.07) is 0. The van der Waals surface area contributed by atoms with E-state index in [1.165, 1.54) is 0 Å². The highest BCUT2D eigenvalue weighted by Crippen LogP contribution is 2.42. The first-order valence-electron chi connectivity index (χ1n) is 4.29. The summed E-state index contributed by atoms with van der Waals surface area (Å²) in [4.78, 5) is 11.0. The molecule has 1 fully saturated rings. The van der Waals surface area contributed by atoms with Gasteiger partial charge in [0.25, 0.3) is 0 Å². The largest absolute Gasteiger partial charge is 0.281 e. The second-order valence-electron chi connectivity index (χ2n) is 3.36. The van der Waals surface area contributed by atoms with E-state index in [0.29, 0.717) is 10.5 Å². The Balaban J connectivity index is 2.11. The summed E-state index contributed by atoms with van der Waals surface area (Å²) in [6.07, 6.45) is 7.56. The van der Waals surface area contributed by atoms with E-state index in [1.54, 1.807) is 0 Å². The van der Waals surface area contributed by atoms with E-state index in [2.05, 4.69) is 12.2 Å². The average molecular weight is 203 g/mol. The van der Waals surface area contributed by atoms with Gasteiger partial charge in [-0.1, -0.05) is 12.2 Å². The minimum absolute atomic E-state index is 0.109. The molecular formula is C9H11ClOS. The van der Waals surface area contributed by atoms with E-state index in [9.17, 15) is 4.79 Å². The Hall–Kier alpha value is 0.0500. The molecule has 3 atom stereocenters. The summed E-state index contributed by atoms with van der Waals surface area (Å²) >= 11 is 7.44. The van der Waals surface area contributed by atoms with Crippen molar-refractivity contribution in [1.29, 1.82) is 0 Å². The predicted octanol–water partition coefficient (Wildman–Crippen LogP) is 2.59. The zero-order chi connectivity index (χ0) is 8.55. The van der Waals surface area contributed by atoms with E-state index in [4.69, 9.17) is 11.6 Å². The highest BCUT2D eigenvalue weighted by Gasteiger charge is 2.34. The van der Waals surface area contributed by atoms with Crippen molar-refractivity contribution in [2.24, 2.45) is 5.92 Å². The molecule has 2 bridgehead atoms. The van der Waals surface area contributed by atoms with Crippen molar-refractivity contribution in [2.45, 2.75) is 29.8 Å². The van der Waals surface area contributed by atoms with Crippen LogP contribution in [0.3, 0.4) is 0 Å². The molecule has 1 nitrogen and oxygen atoms in total. The number of hydrogen-bond acceptors (Lipinski definition) is 2. The van der Waals surface area contributed by atoms with Gasteiger partial charge in [0.15, 0.2) is 0 Å². The zero-order valence-electron chi connectivity index (χ0n) is 6.70. The first-order valence-corrected chi connectivity index (χ1v) is 5.61. The molecule has 0 amide bonds. The van der Waals surface area contributed by atoms with Gasteiger partial charge in [-0.3, -0.25) is 4.79 Å². The molecule has 0 spiro atoms. The van der Waals surface area contributed by atoms with Crippen LogP contribution >= 0.6 is 23.4 Å². The Morgan fingerprint density at radius 2 is 2.33 bits per heavy atom. The van der Waals surface area contributed by atoms with Gasteiger partial charge in [-0.2, -0.15) is 0 Å². The molecule has 0 unspecified atom stereocenters.